The molecule has 0 aliphatic carbocycles. The molecule has 4 aromatic rings. The van der Waals surface area contributed by atoms with Crippen LogP contribution >= 0.6 is 0 Å². The summed E-state index contributed by atoms with van der Waals surface area (Å²) in [5, 5.41) is 0.501. The van der Waals surface area contributed by atoms with E-state index in [1.807, 2.05) is 18.2 Å². The minimum Gasteiger partial charge on any atom is -0.396 e. The first-order valence-corrected chi connectivity index (χ1v) is 13.6. The highest BCUT2D eigenvalue weighted by Gasteiger charge is 2.32. The topological polar surface area (TPSA) is 102 Å². The molecule has 0 atom stereocenters. The largest absolute Gasteiger partial charge is 0.396 e. The van der Waals surface area contributed by atoms with Crippen LogP contribution < -0.4 is 10.6 Å². The molecule has 1 amide bonds. The zero-order valence-corrected chi connectivity index (χ0v) is 21.2. The molecule has 2 N–H and O–H groups in total. The molecule has 5 rings (SSSR count). The molecule has 1 saturated heterocycles. The van der Waals surface area contributed by atoms with Gasteiger partial charge in [-0.05, 0) is 42.7 Å². The number of aromatic nitrogens is 2. The van der Waals surface area contributed by atoms with Crippen LogP contribution in [0.1, 0.15) is 18.4 Å². The number of anilines is 2. The number of hydrogen-bond acceptors (Lipinski definition) is 6. The van der Waals surface area contributed by atoms with Gasteiger partial charge in [0.05, 0.1) is 22.5 Å². The van der Waals surface area contributed by atoms with E-state index in [1.54, 1.807) is 29.2 Å². The Morgan fingerprint density at radius 3 is 2.35 bits per heavy atom. The molecule has 0 radical (unpaired) electrons. The number of carbonyl (C=O) groups excluding carboxylic acids is 1. The SMILES string of the molecule is C=CC(=O)N(c1c(N)cnc2c1ccn2S(=O)(=O)c1ccccc1)C1CCN(Cc2ccccc2)CC1. The predicted molar refractivity (Wildman–Crippen MR) is 146 cm³/mol. The number of carbonyl (C=O) groups is 1. The van der Waals surface area contributed by atoms with E-state index < -0.39 is 10.0 Å². The van der Waals surface area contributed by atoms with Crippen molar-refractivity contribution in [1.29, 1.82) is 0 Å². The standard InChI is InChI=1S/C28H29N5O3S/c1-2-26(34)33(22-13-16-31(17-14-22)20-21-9-5-3-6-10-21)27-24-15-18-32(28(24)30-19-25(27)29)37(35,36)23-11-7-4-8-12-23/h2-12,15,18-19,22H,1,13-14,16-17,20,29H2. The first-order valence-electron chi connectivity index (χ1n) is 12.2. The lowest BCUT2D eigenvalue weighted by atomic mass is 10.0. The summed E-state index contributed by atoms with van der Waals surface area (Å²) < 4.78 is 27.8. The third kappa shape index (κ3) is 4.75. The van der Waals surface area contributed by atoms with Crippen LogP contribution in [0.3, 0.4) is 0 Å². The van der Waals surface area contributed by atoms with Crippen LogP contribution in [-0.4, -0.2) is 47.3 Å². The molecule has 37 heavy (non-hydrogen) atoms. The van der Waals surface area contributed by atoms with E-state index >= 15 is 0 Å². The fourth-order valence-electron chi connectivity index (χ4n) is 4.98. The van der Waals surface area contributed by atoms with Crippen LogP contribution in [0.4, 0.5) is 11.4 Å². The van der Waals surface area contributed by atoms with Gasteiger partial charge in [-0.3, -0.25) is 9.69 Å². The number of nitrogens with zero attached hydrogens (tertiary/aromatic N) is 4. The van der Waals surface area contributed by atoms with Gasteiger partial charge in [0.15, 0.2) is 5.65 Å². The fraction of sp³-hybridized carbons (Fsp3) is 0.214. The first-order chi connectivity index (χ1) is 17.9. The minimum absolute atomic E-state index is 0.112. The van der Waals surface area contributed by atoms with Crippen molar-refractivity contribution >= 4 is 38.3 Å². The second-order valence-electron chi connectivity index (χ2n) is 9.13. The zero-order valence-electron chi connectivity index (χ0n) is 20.4. The lowest BCUT2D eigenvalue weighted by Crippen LogP contribution is -2.47. The Bertz CT molecular complexity index is 1530. The van der Waals surface area contributed by atoms with E-state index in [-0.39, 0.29) is 22.5 Å². The number of nitrogens with two attached hydrogens (primary N) is 1. The molecule has 3 heterocycles. The number of piperidine rings is 1. The molecule has 0 unspecified atom stereocenters. The Morgan fingerprint density at radius 1 is 1.05 bits per heavy atom. The maximum absolute atomic E-state index is 13.3. The third-order valence-corrected chi connectivity index (χ3v) is 8.49. The Hall–Kier alpha value is -3.95. The summed E-state index contributed by atoms with van der Waals surface area (Å²) in [7, 11) is -3.88. The van der Waals surface area contributed by atoms with Crippen molar-refractivity contribution in [3.05, 3.63) is 97.3 Å². The molecule has 1 fully saturated rings. The Kier molecular flexibility index (Phi) is 6.82. The quantitative estimate of drug-likeness (QED) is 0.373. The van der Waals surface area contributed by atoms with Gasteiger partial charge in [-0.25, -0.2) is 17.4 Å². The van der Waals surface area contributed by atoms with Crippen LogP contribution in [0.5, 0.6) is 0 Å². The highest BCUT2D eigenvalue weighted by Crippen LogP contribution is 2.37. The van der Waals surface area contributed by atoms with Crippen LogP contribution in [-0.2, 0) is 21.4 Å². The van der Waals surface area contributed by atoms with Crippen molar-refractivity contribution in [2.45, 2.75) is 30.3 Å². The summed E-state index contributed by atoms with van der Waals surface area (Å²) in [6, 6.07) is 20.0. The molecule has 0 saturated carbocycles. The Morgan fingerprint density at radius 2 is 1.70 bits per heavy atom. The van der Waals surface area contributed by atoms with Gasteiger partial charge in [0.1, 0.15) is 0 Å². The van der Waals surface area contributed by atoms with Gasteiger partial charge >= 0.3 is 0 Å². The molecule has 0 bridgehead atoms. The summed E-state index contributed by atoms with van der Waals surface area (Å²) in [6.45, 7) is 6.19. The van der Waals surface area contributed by atoms with Gasteiger partial charge < -0.3 is 10.6 Å². The number of amides is 1. The maximum atomic E-state index is 13.3. The van der Waals surface area contributed by atoms with E-state index in [1.165, 1.54) is 36.2 Å². The smallest absolute Gasteiger partial charge is 0.269 e. The van der Waals surface area contributed by atoms with Crippen LogP contribution in [0.2, 0.25) is 0 Å². The summed E-state index contributed by atoms with van der Waals surface area (Å²) in [5.41, 5.74) is 8.64. The number of pyridine rings is 1. The number of rotatable bonds is 7. The van der Waals surface area contributed by atoms with Crippen molar-refractivity contribution in [3.8, 4) is 0 Å². The zero-order chi connectivity index (χ0) is 26.0. The average Bonchev–Trinajstić information content (AvgIpc) is 3.37. The number of benzene rings is 2. The van der Waals surface area contributed by atoms with E-state index in [0.29, 0.717) is 16.8 Å². The molecule has 2 aromatic carbocycles. The Balaban J connectivity index is 1.49. The van der Waals surface area contributed by atoms with Gasteiger partial charge in [-0.2, -0.15) is 0 Å². The van der Waals surface area contributed by atoms with Gasteiger partial charge in [0, 0.05) is 37.3 Å². The maximum Gasteiger partial charge on any atom is 0.269 e. The van der Waals surface area contributed by atoms with Crippen LogP contribution in [0.25, 0.3) is 11.0 Å². The molecular weight excluding hydrogens is 486 g/mol. The first kappa shape index (κ1) is 24.7. The van der Waals surface area contributed by atoms with Gasteiger partial charge in [-0.1, -0.05) is 55.1 Å². The number of nitrogen functional groups attached to an aromatic ring is 1. The second kappa shape index (κ2) is 10.2. The molecule has 1 aliphatic heterocycles. The molecular formula is C28H29N5O3S. The van der Waals surface area contributed by atoms with Crippen molar-refractivity contribution in [2.75, 3.05) is 23.7 Å². The molecule has 9 heteroatoms. The van der Waals surface area contributed by atoms with E-state index in [2.05, 4.69) is 28.6 Å². The van der Waals surface area contributed by atoms with Gasteiger partial charge in [0.2, 0.25) is 0 Å². The lowest BCUT2D eigenvalue weighted by Gasteiger charge is -2.38. The normalized spacial score (nSPS) is 15.0. The van der Waals surface area contributed by atoms with E-state index in [4.69, 9.17) is 5.73 Å². The van der Waals surface area contributed by atoms with Crippen LogP contribution in [0, 0.1) is 0 Å². The number of likely N-dealkylation sites (tertiary alicyclic amines) is 1. The van der Waals surface area contributed by atoms with E-state index in [9.17, 15) is 13.2 Å². The Labute approximate surface area is 216 Å². The highest BCUT2D eigenvalue weighted by atomic mass is 32.2. The second-order valence-corrected chi connectivity index (χ2v) is 10.9. The predicted octanol–water partition coefficient (Wildman–Crippen LogP) is 4.04. The monoisotopic (exact) mass is 515 g/mol. The minimum atomic E-state index is -3.88. The summed E-state index contributed by atoms with van der Waals surface area (Å²) in [6.07, 6.45) is 5.65. The fourth-order valence-corrected chi connectivity index (χ4v) is 6.30. The number of hydrogen-bond donors (Lipinski definition) is 1. The lowest BCUT2D eigenvalue weighted by molar-refractivity contribution is -0.114. The average molecular weight is 516 g/mol. The summed E-state index contributed by atoms with van der Waals surface area (Å²) in [5.74, 6) is -0.278. The van der Waals surface area contributed by atoms with Crippen LogP contribution in [0.15, 0.2) is 96.7 Å². The summed E-state index contributed by atoms with van der Waals surface area (Å²) in [4.78, 5) is 21.7. The molecule has 1 aliphatic rings. The van der Waals surface area contributed by atoms with E-state index in [0.717, 1.165) is 36.4 Å². The van der Waals surface area contributed by atoms with Crippen molar-refractivity contribution in [1.82, 2.24) is 13.9 Å². The van der Waals surface area contributed by atoms with Crippen molar-refractivity contribution in [2.24, 2.45) is 0 Å². The van der Waals surface area contributed by atoms with Crippen molar-refractivity contribution in [3.63, 3.8) is 0 Å². The molecule has 190 valence electrons. The highest BCUT2D eigenvalue weighted by molar-refractivity contribution is 7.90. The van der Waals surface area contributed by atoms with Gasteiger partial charge in [-0.15, -0.1) is 0 Å². The number of fused-ring (bicyclic) bond motifs is 1. The van der Waals surface area contributed by atoms with Gasteiger partial charge in [0.25, 0.3) is 15.9 Å². The molecule has 8 nitrogen and oxygen atoms in total. The molecule has 2 aromatic heterocycles. The molecule has 0 spiro atoms. The van der Waals surface area contributed by atoms with Crippen molar-refractivity contribution < 1.29 is 13.2 Å². The summed E-state index contributed by atoms with van der Waals surface area (Å²) >= 11 is 0. The third-order valence-electron chi connectivity index (χ3n) is 6.80.